The molecule has 0 aliphatic carbocycles. The van der Waals surface area contributed by atoms with Crippen LogP contribution < -0.4 is 5.32 Å². The molecule has 2 aliphatic rings. The molecule has 2 rings (SSSR count). The maximum absolute atomic E-state index is 5.41. The topological polar surface area (TPSA) is 27.7 Å². The third-order valence-electron chi connectivity index (χ3n) is 4.52. The van der Waals surface area contributed by atoms with Gasteiger partial charge >= 0.3 is 0 Å². The Bertz CT molecular complexity index is 256. The van der Waals surface area contributed by atoms with Crippen LogP contribution in [0, 0.1) is 0 Å². The minimum Gasteiger partial charge on any atom is -0.379 e. The van der Waals surface area contributed by atoms with Crippen LogP contribution in [0.2, 0.25) is 0 Å². The number of rotatable bonds is 6. The number of hydrogen-bond donors (Lipinski definition) is 1. The summed E-state index contributed by atoms with van der Waals surface area (Å²) in [5.74, 6) is 0. The van der Waals surface area contributed by atoms with Gasteiger partial charge in [-0.15, -0.1) is 0 Å². The zero-order valence-corrected chi connectivity index (χ0v) is 13.4. The molecule has 0 saturated carbocycles. The molecular formula is C16H33N3O. The van der Waals surface area contributed by atoms with Gasteiger partial charge in [0.1, 0.15) is 0 Å². The van der Waals surface area contributed by atoms with Gasteiger partial charge in [-0.25, -0.2) is 0 Å². The maximum atomic E-state index is 5.41. The summed E-state index contributed by atoms with van der Waals surface area (Å²) in [6.45, 7) is 13.6. The minimum absolute atomic E-state index is 0.593. The lowest BCUT2D eigenvalue weighted by Crippen LogP contribution is -2.47. The quantitative estimate of drug-likeness (QED) is 0.801. The fraction of sp³-hybridized carbons (Fsp3) is 1.00. The highest BCUT2D eigenvalue weighted by molar-refractivity contribution is 4.79. The van der Waals surface area contributed by atoms with E-state index in [0.717, 1.165) is 26.3 Å². The molecule has 20 heavy (non-hydrogen) atoms. The molecule has 4 nitrogen and oxygen atoms in total. The summed E-state index contributed by atoms with van der Waals surface area (Å²) < 4.78 is 5.41. The molecule has 2 fully saturated rings. The monoisotopic (exact) mass is 283 g/mol. The summed E-state index contributed by atoms with van der Waals surface area (Å²) in [5, 5.41) is 3.86. The Balaban J connectivity index is 1.66. The highest BCUT2D eigenvalue weighted by Crippen LogP contribution is 2.12. The molecule has 0 aromatic carbocycles. The number of morpholine rings is 1. The first-order valence-electron chi connectivity index (χ1n) is 8.56. The summed E-state index contributed by atoms with van der Waals surface area (Å²) in [6, 6.07) is 1.31. The predicted molar refractivity (Wildman–Crippen MR) is 84.2 cm³/mol. The van der Waals surface area contributed by atoms with Crippen molar-refractivity contribution in [3.05, 3.63) is 0 Å². The molecule has 0 aromatic rings. The molecule has 2 unspecified atom stereocenters. The Labute approximate surface area is 124 Å². The number of nitrogens with zero attached hydrogens (tertiary/aromatic N) is 2. The molecule has 0 amide bonds. The van der Waals surface area contributed by atoms with Gasteiger partial charge in [-0.3, -0.25) is 4.90 Å². The molecule has 118 valence electrons. The van der Waals surface area contributed by atoms with Gasteiger partial charge in [-0.05, 0) is 52.2 Å². The van der Waals surface area contributed by atoms with E-state index < -0.39 is 0 Å². The molecule has 4 heteroatoms. The number of ether oxygens (including phenoxy) is 1. The van der Waals surface area contributed by atoms with Crippen LogP contribution in [0.3, 0.4) is 0 Å². The van der Waals surface area contributed by atoms with Crippen LogP contribution in [0.25, 0.3) is 0 Å². The molecule has 0 radical (unpaired) electrons. The van der Waals surface area contributed by atoms with E-state index in [1.54, 1.807) is 0 Å². The van der Waals surface area contributed by atoms with Crippen LogP contribution >= 0.6 is 0 Å². The van der Waals surface area contributed by atoms with E-state index in [2.05, 4.69) is 29.0 Å². The van der Waals surface area contributed by atoms with Gasteiger partial charge in [0, 0.05) is 31.7 Å². The van der Waals surface area contributed by atoms with Gasteiger partial charge in [-0.1, -0.05) is 6.92 Å². The number of hydrogen-bond acceptors (Lipinski definition) is 4. The van der Waals surface area contributed by atoms with Crippen LogP contribution in [-0.4, -0.2) is 74.4 Å². The SMILES string of the molecule is CCCN1CCCC(NC(C)CN2CCOCC2)CC1. The Hall–Kier alpha value is -0.160. The highest BCUT2D eigenvalue weighted by atomic mass is 16.5. The van der Waals surface area contributed by atoms with Gasteiger partial charge in [0.15, 0.2) is 0 Å². The Morgan fingerprint density at radius 2 is 1.90 bits per heavy atom. The average Bonchev–Trinajstić information content (AvgIpc) is 2.66. The van der Waals surface area contributed by atoms with Crippen LogP contribution in [0.1, 0.15) is 39.5 Å². The highest BCUT2D eigenvalue weighted by Gasteiger charge is 2.19. The Kier molecular flexibility index (Phi) is 7.28. The van der Waals surface area contributed by atoms with Crippen molar-refractivity contribution in [2.75, 3.05) is 52.5 Å². The number of nitrogens with one attached hydrogen (secondary N) is 1. The average molecular weight is 283 g/mol. The molecule has 2 aliphatic heterocycles. The van der Waals surface area contributed by atoms with Crippen LogP contribution in [-0.2, 0) is 4.74 Å². The lowest BCUT2D eigenvalue weighted by atomic mass is 10.1. The standard InChI is InChI=1S/C16H33N3O/c1-3-7-18-8-4-5-16(6-9-18)17-15(2)14-19-10-12-20-13-11-19/h15-17H,3-14H2,1-2H3. The van der Waals surface area contributed by atoms with Gasteiger partial charge in [0.2, 0.25) is 0 Å². The van der Waals surface area contributed by atoms with E-state index in [-0.39, 0.29) is 0 Å². The fourth-order valence-corrected chi connectivity index (χ4v) is 3.49. The molecule has 1 N–H and O–H groups in total. The maximum Gasteiger partial charge on any atom is 0.0594 e. The summed E-state index contributed by atoms with van der Waals surface area (Å²) in [6.07, 6.45) is 5.29. The predicted octanol–water partition coefficient (Wildman–Crippen LogP) is 1.56. The third kappa shape index (κ3) is 5.68. The molecule has 0 aromatic heterocycles. The van der Waals surface area contributed by atoms with E-state index in [1.165, 1.54) is 51.9 Å². The van der Waals surface area contributed by atoms with Crippen molar-refractivity contribution < 1.29 is 4.74 Å². The Morgan fingerprint density at radius 1 is 1.10 bits per heavy atom. The van der Waals surface area contributed by atoms with Crippen LogP contribution in [0.15, 0.2) is 0 Å². The van der Waals surface area contributed by atoms with Gasteiger partial charge < -0.3 is 15.0 Å². The Morgan fingerprint density at radius 3 is 2.65 bits per heavy atom. The van der Waals surface area contributed by atoms with Crippen molar-refractivity contribution in [2.45, 2.75) is 51.6 Å². The third-order valence-corrected chi connectivity index (χ3v) is 4.52. The lowest BCUT2D eigenvalue weighted by molar-refractivity contribution is 0.0337. The van der Waals surface area contributed by atoms with Gasteiger partial charge in [0.25, 0.3) is 0 Å². The smallest absolute Gasteiger partial charge is 0.0594 e. The van der Waals surface area contributed by atoms with Crippen molar-refractivity contribution in [2.24, 2.45) is 0 Å². The van der Waals surface area contributed by atoms with Crippen molar-refractivity contribution in [1.82, 2.24) is 15.1 Å². The number of likely N-dealkylation sites (tertiary alicyclic amines) is 1. The van der Waals surface area contributed by atoms with Gasteiger partial charge in [0.05, 0.1) is 13.2 Å². The van der Waals surface area contributed by atoms with E-state index in [1.807, 2.05) is 0 Å². The zero-order valence-electron chi connectivity index (χ0n) is 13.4. The van der Waals surface area contributed by atoms with E-state index in [9.17, 15) is 0 Å². The van der Waals surface area contributed by atoms with Crippen molar-refractivity contribution in [1.29, 1.82) is 0 Å². The van der Waals surface area contributed by atoms with Gasteiger partial charge in [-0.2, -0.15) is 0 Å². The first kappa shape index (κ1) is 16.2. The van der Waals surface area contributed by atoms with Crippen molar-refractivity contribution in [3.63, 3.8) is 0 Å². The second-order valence-electron chi connectivity index (χ2n) is 6.45. The van der Waals surface area contributed by atoms with Crippen molar-refractivity contribution in [3.8, 4) is 0 Å². The van der Waals surface area contributed by atoms with E-state index in [0.29, 0.717) is 12.1 Å². The summed E-state index contributed by atoms with van der Waals surface area (Å²) in [4.78, 5) is 5.16. The second kappa shape index (κ2) is 8.98. The first-order chi connectivity index (χ1) is 9.78. The molecule has 2 saturated heterocycles. The zero-order chi connectivity index (χ0) is 14.2. The van der Waals surface area contributed by atoms with Crippen LogP contribution in [0.5, 0.6) is 0 Å². The normalized spacial score (nSPS) is 28.2. The fourth-order valence-electron chi connectivity index (χ4n) is 3.49. The second-order valence-corrected chi connectivity index (χ2v) is 6.45. The summed E-state index contributed by atoms with van der Waals surface area (Å²) in [7, 11) is 0. The van der Waals surface area contributed by atoms with Crippen LogP contribution in [0.4, 0.5) is 0 Å². The molecule has 2 atom stereocenters. The summed E-state index contributed by atoms with van der Waals surface area (Å²) >= 11 is 0. The van der Waals surface area contributed by atoms with Crippen molar-refractivity contribution >= 4 is 0 Å². The minimum atomic E-state index is 0.593. The largest absolute Gasteiger partial charge is 0.379 e. The lowest BCUT2D eigenvalue weighted by Gasteiger charge is -2.31. The van der Waals surface area contributed by atoms with E-state index in [4.69, 9.17) is 4.74 Å². The van der Waals surface area contributed by atoms with E-state index >= 15 is 0 Å². The molecule has 0 bridgehead atoms. The molecule has 0 spiro atoms. The first-order valence-corrected chi connectivity index (χ1v) is 8.56. The molecular weight excluding hydrogens is 250 g/mol. The summed E-state index contributed by atoms with van der Waals surface area (Å²) in [5.41, 5.74) is 0. The molecule has 2 heterocycles.